The number of pyridine rings is 1. The monoisotopic (exact) mass is 401 g/mol. The van der Waals surface area contributed by atoms with Crippen LogP contribution in [0, 0.1) is 0 Å². The van der Waals surface area contributed by atoms with Gasteiger partial charge < -0.3 is 13.9 Å². The van der Waals surface area contributed by atoms with Gasteiger partial charge in [-0.25, -0.2) is 0 Å². The van der Waals surface area contributed by atoms with Gasteiger partial charge in [-0.2, -0.15) is 0 Å². The van der Waals surface area contributed by atoms with Crippen molar-refractivity contribution in [2.45, 2.75) is 6.42 Å². The highest BCUT2D eigenvalue weighted by molar-refractivity contribution is 6.09. The lowest BCUT2D eigenvalue weighted by Crippen LogP contribution is -2.20. The molecule has 0 bridgehead atoms. The lowest BCUT2D eigenvalue weighted by atomic mass is 9.99. The second kappa shape index (κ2) is 8.21. The Morgan fingerprint density at radius 2 is 1.73 bits per heavy atom. The van der Waals surface area contributed by atoms with Gasteiger partial charge in [0.15, 0.2) is 11.5 Å². The molecule has 4 rings (SSSR count). The van der Waals surface area contributed by atoms with Crippen molar-refractivity contribution in [3.05, 3.63) is 99.7 Å². The third kappa shape index (κ3) is 3.55. The Labute approximate surface area is 172 Å². The van der Waals surface area contributed by atoms with Gasteiger partial charge in [0.1, 0.15) is 22.6 Å². The van der Waals surface area contributed by atoms with Gasteiger partial charge in [-0.05, 0) is 42.0 Å². The first-order chi connectivity index (χ1) is 14.6. The van der Waals surface area contributed by atoms with Crippen LogP contribution < -0.4 is 14.9 Å². The molecule has 2 aromatic carbocycles. The summed E-state index contributed by atoms with van der Waals surface area (Å²) in [6.45, 7) is 0. The number of benzene rings is 2. The highest BCUT2D eigenvalue weighted by Crippen LogP contribution is 2.29. The van der Waals surface area contributed by atoms with E-state index in [1.54, 1.807) is 68.8 Å². The number of carbonyl (C=O) groups excluding carboxylic acids is 1. The van der Waals surface area contributed by atoms with Gasteiger partial charge in [0.25, 0.3) is 0 Å². The second-order valence-electron chi connectivity index (χ2n) is 6.64. The van der Waals surface area contributed by atoms with E-state index in [-0.39, 0.29) is 28.9 Å². The van der Waals surface area contributed by atoms with Crippen molar-refractivity contribution < 1.29 is 18.7 Å². The average Bonchev–Trinajstić information content (AvgIpc) is 2.79. The zero-order valence-electron chi connectivity index (χ0n) is 16.5. The molecule has 2 aromatic heterocycles. The third-order valence-electron chi connectivity index (χ3n) is 4.81. The maximum atomic E-state index is 13.2. The van der Waals surface area contributed by atoms with Crippen LogP contribution in [-0.2, 0) is 6.42 Å². The Morgan fingerprint density at radius 1 is 0.967 bits per heavy atom. The number of fused-ring (bicyclic) bond motifs is 1. The van der Waals surface area contributed by atoms with Crippen molar-refractivity contribution in [1.82, 2.24) is 4.98 Å². The van der Waals surface area contributed by atoms with Crippen molar-refractivity contribution in [3.63, 3.8) is 0 Å². The number of hydrogen-bond donors (Lipinski definition) is 0. The Morgan fingerprint density at radius 3 is 2.47 bits per heavy atom. The minimum atomic E-state index is -0.467. The zero-order valence-corrected chi connectivity index (χ0v) is 16.5. The summed E-state index contributed by atoms with van der Waals surface area (Å²) in [5.41, 5.74) is 1.04. The molecular formula is C24H19NO5. The van der Waals surface area contributed by atoms with Crippen LogP contribution >= 0.6 is 0 Å². The predicted molar refractivity (Wildman–Crippen MR) is 113 cm³/mol. The average molecular weight is 401 g/mol. The van der Waals surface area contributed by atoms with E-state index < -0.39 is 5.78 Å². The van der Waals surface area contributed by atoms with Gasteiger partial charge in [0.2, 0.25) is 11.2 Å². The Hall–Kier alpha value is -3.93. The number of aromatic nitrogens is 1. The Bertz CT molecular complexity index is 1280. The van der Waals surface area contributed by atoms with Gasteiger partial charge >= 0.3 is 0 Å². The molecule has 0 aliphatic carbocycles. The minimum absolute atomic E-state index is 0.0119. The normalized spacial score (nSPS) is 10.7. The maximum absolute atomic E-state index is 13.2. The number of methoxy groups -OCH3 is 2. The summed E-state index contributed by atoms with van der Waals surface area (Å²) in [4.78, 5) is 30.5. The first-order valence-corrected chi connectivity index (χ1v) is 9.33. The summed E-state index contributed by atoms with van der Waals surface area (Å²) in [5, 5.41) is 0.354. The number of para-hydroxylation sites is 1. The van der Waals surface area contributed by atoms with E-state index in [0.717, 1.165) is 5.56 Å². The maximum Gasteiger partial charge on any atom is 0.218 e. The SMILES string of the molecule is COc1ccc(Cc2oc3ccccc3c(=O)c2C(=O)c2ccccn2)cc1OC. The fraction of sp³-hybridized carbons (Fsp3) is 0.125. The lowest BCUT2D eigenvalue weighted by Gasteiger charge is -2.12. The van der Waals surface area contributed by atoms with Crippen LogP contribution in [0.3, 0.4) is 0 Å². The van der Waals surface area contributed by atoms with Crippen LogP contribution in [0.1, 0.15) is 27.4 Å². The van der Waals surface area contributed by atoms with Crippen LogP contribution in [0.2, 0.25) is 0 Å². The molecule has 6 heteroatoms. The molecule has 6 nitrogen and oxygen atoms in total. The molecular weight excluding hydrogens is 382 g/mol. The van der Waals surface area contributed by atoms with Gasteiger partial charge in [-0.15, -0.1) is 0 Å². The topological polar surface area (TPSA) is 78.6 Å². The van der Waals surface area contributed by atoms with Crippen LogP contribution in [0.15, 0.2) is 76.1 Å². The van der Waals surface area contributed by atoms with Crippen LogP contribution in [0.25, 0.3) is 11.0 Å². The highest BCUT2D eigenvalue weighted by atomic mass is 16.5. The fourth-order valence-electron chi connectivity index (χ4n) is 3.34. The van der Waals surface area contributed by atoms with Crippen LogP contribution in [0.5, 0.6) is 11.5 Å². The third-order valence-corrected chi connectivity index (χ3v) is 4.81. The van der Waals surface area contributed by atoms with Crippen molar-refractivity contribution in [2.75, 3.05) is 14.2 Å². The highest BCUT2D eigenvalue weighted by Gasteiger charge is 2.23. The summed E-state index contributed by atoms with van der Waals surface area (Å²) < 4.78 is 16.7. The number of rotatable bonds is 6. The lowest BCUT2D eigenvalue weighted by molar-refractivity contribution is 0.103. The standard InChI is InChI=1S/C24H19NO5/c1-28-19-11-10-15(13-20(19)29-2)14-21-22(24(27)17-8-5-6-12-25-17)23(26)16-7-3-4-9-18(16)30-21/h3-13H,14H2,1-2H3. The number of nitrogens with zero attached hydrogens (tertiary/aromatic N) is 1. The van der Waals surface area contributed by atoms with Gasteiger partial charge in [0, 0.05) is 12.6 Å². The molecule has 0 amide bonds. The van der Waals surface area contributed by atoms with E-state index in [4.69, 9.17) is 13.9 Å². The molecule has 4 aromatic rings. The summed E-state index contributed by atoms with van der Waals surface area (Å²) >= 11 is 0. The molecule has 0 radical (unpaired) electrons. The molecule has 0 saturated heterocycles. The summed E-state index contributed by atoms with van der Waals surface area (Å²) in [7, 11) is 3.11. The molecule has 0 saturated carbocycles. The predicted octanol–water partition coefficient (Wildman–Crippen LogP) is 4.03. The summed E-state index contributed by atoms with van der Waals surface area (Å²) in [5.74, 6) is 0.953. The molecule has 0 atom stereocenters. The van der Waals surface area contributed by atoms with Crippen molar-refractivity contribution >= 4 is 16.8 Å². The van der Waals surface area contributed by atoms with E-state index in [0.29, 0.717) is 22.5 Å². The number of hydrogen-bond acceptors (Lipinski definition) is 6. The largest absolute Gasteiger partial charge is 0.493 e. The van der Waals surface area contributed by atoms with Gasteiger partial charge in [0.05, 0.1) is 19.6 Å². The number of ketones is 1. The van der Waals surface area contributed by atoms with E-state index >= 15 is 0 Å². The van der Waals surface area contributed by atoms with Crippen molar-refractivity contribution in [2.24, 2.45) is 0 Å². The van der Waals surface area contributed by atoms with Crippen molar-refractivity contribution in [1.29, 1.82) is 0 Å². The number of ether oxygens (including phenoxy) is 2. The van der Waals surface area contributed by atoms with Crippen molar-refractivity contribution in [3.8, 4) is 11.5 Å². The molecule has 2 heterocycles. The number of carbonyl (C=O) groups is 1. The smallest absolute Gasteiger partial charge is 0.218 e. The second-order valence-corrected chi connectivity index (χ2v) is 6.64. The van der Waals surface area contributed by atoms with E-state index in [9.17, 15) is 9.59 Å². The molecule has 0 fully saturated rings. The van der Waals surface area contributed by atoms with E-state index in [1.807, 2.05) is 6.07 Å². The molecule has 0 N–H and O–H groups in total. The van der Waals surface area contributed by atoms with Gasteiger partial charge in [-0.3, -0.25) is 14.6 Å². The van der Waals surface area contributed by atoms with E-state index in [2.05, 4.69) is 4.98 Å². The van der Waals surface area contributed by atoms with Crippen LogP contribution in [-0.4, -0.2) is 25.0 Å². The first-order valence-electron chi connectivity index (χ1n) is 9.33. The molecule has 0 aliphatic rings. The summed E-state index contributed by atoms with van der Waals surface area (Å²) in [6.07, 6.45) is 1.75. The minimum Gasteiger partial charge on any atom is -0.493 e. The molecule has 0 aliphatic heterocycles. The van der Waals surface area contributed by atoms with Gasteiger partial charge in [-0.1, -0.05) is 24.3 Å². The Kier molecular flexibility index (Phi) is 5.30. The molecule has 0 unspecified atom stereocenters. The Balaban J connectivity index is 1.88. The molecule has 150 valence electrons. The van der Waals surface area contributed by atoms with Crippen LogP contribution in [0.4, 0.5) is 0 Å². The fourth-order valence-corrected chi connectivity index (χ4v) is 3.34. The first kappa shape index (κ1) is 19.4. The zero-order chi connectivity index (χ0) is 21.1. The summed E-state index contributed by atoms with van der Waals surface area (Å²) in [6, 6.07) is 17.3. The molecule has 30 heavy (non-hydrogen) atoms. The quantitative estimate of drug-likeness (QED) is 0.454. The van der Waals surface area contributed by atoms with E-state index in [1.165, 1.54) is 6.20 Å². The molecule has 0 spiro atoms.